The maximum atomic E-state index is 14.2. The molecule has 6 rings (SSSR count). The molecular weight excluding hydrogens is 654 g/mol. The number of alkyl halides is 2. The van der Waals surface area contributed by atoms with Crippen LogP contribution in [0.4, 0.5) is 19.3 Å². The molecule has 0 unspecified atom stereocenters. The van der Waals surface area contributed by atoms with Gasteiger partial charge in [-0.1, -0.05) is 76.6 Å². The molecule has 1 spiro atoms. The summed E-state index contributed by atoms with van der Waals surface area (Å²) in [6.07, 6.45) is 1.49. The molecule has 7 nitrogen and oxygen atoms in total. The number of rotatable bonds is 9. The summed E-state index contributed by atoms with van der Waals surface area (Å²) in [5.41, 5.74) is 1.59. The second-order valence-electron chi connectivity index (χ2n) is 12.7. The first-order valence-electron chi connectivity index (χ1n) is 16.1. The second-order valence-corrected chi connectivity index (χ2v) is 13.7. The van der Waals surface area contributed by atoms with Crippen LogP contribution >= 0.6 is 15.9 Å². The van der Waals surface area contributed by atoms with Crippen LogP contribution in [0, 0.1) is 5.92 Å². The lowest BCUT2D eigenvalue weighted by atomic mass is 9.85. The molecule has 3 fully saturated rings. The van der Waals surface area contributed by atoms with Crippen LogP contribution in [0.1, 0.15) is 62.1 Å². The molecule has 242 valence electrons. The van der Waals surface area contributed by atoms with Crippen molar-refractivity contribution in [3.8, 4) is 0 Å². The number of amides is 4. The smallest absolute Gasteiger partial charge is 0.332 e. The van der Waals surface area contributed by atoms with E-state index in [4.69, 9.17) is 0 Å². The fraction of sp³-hybridized carbons (Fsp3) is 0.417. The number of hydrogen-bond donors (Lipinski definition) is 1. The molecule has 2 aliphatic heterocycles. The van der Waals surface area contributed by atoms with E-state index in [-0.39, 0.29) is 56.1 Å². The number of para-hydroxylation sites is 1. The molecular formula is C36H39BrF2N4O3. The molecule has 10 heteroatoms. The van der Waals surface area contributed by atoms with Gasteiger partial charge in [0.05, 0.1) is 12.6 Å². The van der Waals surface area contributed by atoms with E-state index in [1.54, 1.807) is 4.90 Å². The van der Waals surface area contributed by atoms with Gasteiger partial charge in [0.25, 0.3) is 5.91 Å². The van der Waals surface area contributed by atoms with E-state index in [1.165, 1.54) is 4.90 Å². The topological polar surface area (TPSA) is 73.0 Å². The lowest BCUT2D eigenvalue weighted by molar-refractivity contribution is -0.133. The zero-order valence-electron chi connectivity index (χ0n) is 25.7. The molecule has 3 aliphatic rings. The monoisotopic (exact) mass is 692 g/mol. The largest absolute Gasteiger partial charge is 0.349 e. The Kier molecular flexibility index (Phi) is 9.57. The Bertz CT molecular complexity index is 1520. The standard InChI is InChI=1S/C36H39BrF2N4O3/c37-29-13-11-26(12-14-29)25-42-33(45)35(43(34(42)46)30-9-5-2-6-10-30)20-23-41(24-21-35)22-17-31(27-7-3-1-4-8-27)40-32(44)28-15-18-36(38,39)19-16-28/h1-14,28,31H,15-25H2,(H,40,44)/t31-/m0/s1. The molecule has 2 saturated heterocycles. The van der Waals surface area contributed by atoms with Gasteiger partial charge in [0.1, 0.15) is 5.54 Å². The van der Waals surface area contributed by atoms with E-state index in [1.807, 2.05) is 84.9 Å². The van der Waals surface area contributed by atoms with Gasteiger partial charge in [-0.15, -0.1) is 0 Å². The number of imide groups is 1. The Morgan fingerprint density at radius 3 is 2.11 bits per heavy atom. The van der Waals surface area contributed by atoms with Gasteiger partial charge in [-0.3, -0.25) is 19.4 Å². The summed E-state index contributed by atoms with van der Waals surface area (Å²) in [6, 6.07) is 26.2. The number of anilines is 1. The number of nitrogens with one attached hydrogen (secondary N) is 1. The van der Waals surface area contributed by atoms with Crippen molar-refractivity contribution in [2.24, 2.45) is 5.92 Å². The van der Waals surface area contributed by atoms with Crippen LogP contribution in [0.5, 0.6) is 0 Å². The Morgan fingerprint density at radius 1 is 0.870 bits per heavy atom. The van der Waals surface area contributed by atoms with Crippen LogP contribution in [-0.4, -0.2) is 58.7 Å². The Hall–Kier alpha value is -3.63. The van der Waals surface area contributed by atoms with Gasteiger partial charge in [0, 0.05) is 48.6 Å². The first-order chi connectivity index (χ1) is 22.1. The zero-order valence-corrected chi connectivity index (χ0v) is 27.3. The molecule has 0 bridgehead atoms. The van der Waals surface area contributed by atoms with Gasteiger partial charge >= 0.3 is 6.03 Å². The predicted octanol–water partition coefficient (Wildman–Crippen LogP) is 7.33. The molecule has 2 heterocycles. The fourth-order valence-electron chi connectivity index (χ4n) is 7.08. The number of benzene rings is 3. The first kappa shape index (κ1) is 32.3. The lowest BCUT2D eigenvalue weighted by Gasteiger charge is -2.42. The van der Waals surface area contributed by atoms with Crippen molar-refractivity contribution in [2.45, 2.75) is 69.0 Å². The molecule has 4 amide bonds. The highest BCUT2D eigenvalue weighted by Crippen LogP contribution is 2.42. The quantitative estimate of drug-likeness (QED) is 0.239. The van der Waals surface area contributed by atoms with Gasteiger partial charge in [-0.25, -0.2) is 13.6 Å². The fourth-order valence-corrected chi connectivity index (χ4v) is 7.34. The highest BCUT2D eigenvalue weighted by Gasteiger charge is 2.58. The third-order valence-corrected chi connectivity index (χ3v) is 10.3. The Morgan fingerprint density at radius 2 is 1.48 bits per heavy atom. The number of hydrogen-bond acceptors (Lipinski definition) is 4. The SMILES string of the molecule is O=C(N[C@@H](CCN1CCC2(CC1)C(=O)N(Cc1ccc(Br)cc1)C(=O)N2c1ccccc1)c1ccccc1)C1CCC(F)(F)CC1. The van der Waals surface area contributed by atoms with Crippen molar-refractivity contribution in [1.82, 2.24) is 15.1 Å². The highest BCUT2D eigenvalue weighted by molar-refractivity contribution is 9.10. The van der Waals surface area contributed by atoms with Crippen LogP contribution < -0.4 is 10.2 Å². The van der Waals surface area contributed by atoms with Crippen LogP contribution in [0.15, 0.2) is 89.4 Å². The minimum absolute atomic E-state index is 0.165. The molecule has 0 aromatic heterocycles. The normalized spacial score (nSPS) is 20.7. The van der Waals surface area contributed by atoms with Crippen LogP contribution in [0.2, 0.25) is 0 Å². The van der Waals surface area contributed by atoms with E-state index in [9.17, 15) is 23.2 Å². The molecule has 46 heavy (non-hydrogen) atoms. The van der Waals surface area contributed by atoms with Gasteiger partial charge < -0.3 is 10.2 Å². The van der Waals surface area contributed by atoms with E-state index in [2.05, 4.69) is 26.1 Å². The molecule has 1 aliphatic carbocycles. The molecule has 3 aromatic carbocycles. The Labute approximate surface area is 277 Å². The minimum Gasteiger partial charge on any atom is -0.349 e. The number of urea groups is 1. The van der Waals surface area contributed by atoms with Crippen LogP contribution in [0.25, 0.3) is 0 Å². The molecule has 1 N–H and O–H groups in total. The maximum absolute atomic E-state index is 14.2. The third kappa shape index (κ3) is 6.88. The van der Waals surface area contributed by atoms with Crippen LogP contribution in [0.3, 0.4) is 0 Å². The number of nitrogens with zero attached hydrogens (tertiary/aromatic N) is 3. The molecule has 0 radical (unpaired) electrons. The summed E-state index contributed by atoms with van der Waals surface area (Å²) in [4.78, 5) is 46.6. The van der Waals surface area contributed by atoms with E-state index in [0.717, 1.165) is 15.6 Å². The summed E-state index contributed by atoms with van der Waals surface area (Å²) in [7, 11) is 0. The average molecular weight is 694 g/mol. The van der Waals surface area contributed by atoms with Gasteiger partial charge in [0.2, 0.25) is 11.8 Å². The second kappa shape index (κ2) is 13.6. The predicted molar refractivity (Wildman–Crippen MR) is 176 cm³/mol. The van der Waals surface area contributed by atoms with Gasteiger partial charge in [-0.05, 0) is 67.5 Å². The van der Waals surface area contributed by atoms with Crippen molar-refractivity contribution in [2.75, 3.05) is 24.5 Å². The molecule has 3 aromatic rings. The van der Waals surface area contributed by atoms with E-state index < -0.39 is 17.4 Å². The number of likely N-dealkylation sites (tertiary alicyclic amines) is 1. The summed E-state index contributed by atoms with van der Waals surface area (Å²) in [5, 5.41) is 3.17. The van der Waals surface area contributed by atoms with Crippen molar-refractivity contribution >= 4 is 39.5 Å². The average Bonchev–Trinajstić information content (AvgIpc) is 3.26. The molecule has 1 atom stereocenters. The first-order valence-corrected chi connectivity index (χ1v) is 16.9. The number of halogens is 3. The summed E-state index contributed by atoms with van der Waals surface area (Å²) in [6.45, 7) is 2.11. The molecule has 1 saturated carbocycles. The van der Waals surface area contributed by atoms with Crippen molar-refractivity contribution in [3.05, 3.63) is 101 Å². The van der Waals surface area contributed by atoms with Crippen LogP contribution in [-0.2, 0) is 16.1 Å². The van der Waals surface area contributed by atoms with E-state index >= 15 is 0 Å². The number of carbonyl (C=O) groups is 3. The summed E-state index contributed by atoms with van der Waals surface area (Å²) < 4.78 is 28.4. The number of carbonyl (C=O) groups excluding carboxylic acids is 3. The van der Waals surface area contributed by atoms with Crippen molar-refractivity contribution < 1.29 is 23.2 Å². The third-order valence-electron chi connectivity index (χ3n) is 9.79. The zero-order chi connectivity index (χ0) is 32.3. The van der Waals surface area contributed by atoms with Gasteiger partial charge in [-0.2, -0.15) is 0 Å². The van der Waals surface area contributed by atoms with Crippen molar-refractivity contribution in [1.29, 1.82) is 0 Å². The summed E-state index contributed by atoms with van der Waals surface area (Å²) in [5.74, 6) is -3.42. The van der Waals surface area contributed by atoms with Gasteiger partial charge in [0.15, 0.2) is 0 Å². The van der Waals surface area contributed by atoms with Crippen molar-refractivity contribution in [3.63, 3.8) is 0 Å². The number of piperidine rings is 1. The maximum Gasteiger partial charge on any atom is 0.332 e. The minimum atomic E-state index is -2.68. The Balaban J connectivity index is 1.14. The lowest BCUT2D eigenvalue weighted by Crippen LogP contribution is -2.57. The van der Waals surface area contributed by atoms with E-state index in [0.29, 0.717) is 44.6 Å². The summed E-state index contributed by atoms with van der Waals surface area (Å²) >= 11 is 3.45. The highest BCUT2D eigenvalue weighted by atomic mass is 79.9.